The number of hydrogen-bond donors (Lipinski definition) is 2. The maximum absolute atomic E-state index is 12.2. The average molecular weight is 413 g/mol. The van der Waals surface area contributed by atoms with Gasteiger partial charge in [0.25, 0.3) is 11.8 Å². The Balaban J connectivity index is 1.32. The predicted molar refractivity (Wildman–Crippen MR) is 111 cm³/mol. The number of rotatable bonds is 6. The van der Waals surface area contributed by atoms with E-state index >= 15 is 0 Å². The van der Waals surface area contributed by atoms with Gasteiger partial charge < -0.3 is 15.8 Å². The second-order valence-corrected chi connectivity index (χ2v) is 8.73. The first kappa shape index (κ1) is 19.6. The quantitative estimate of drug-likeness (QED) is 0.713. The molecule has 1 aromatic heterocycles. The molecule has 4 rings (SSSR count). The number of amides is 2. The molecule has 0 radical (unpaired) electrons. The van der Waals surface area contributed by atoms with E-state index in [1.165, 1.54) is 35.3 Å². The van der Waals surface area contributed by atoms with Crippen molar-refractivity contribution in [3.8, 4) is 0 Å². The van der Waals surface area contributed by atoms with Gasteiger partial charge in [0.2, 0.25) is 0 Å². The van der Waals surface area contributed by atoms with E-state index in [-0.39, 0.29) is 13.0 Å². The van der Waals surface area contributed by atoms with Crippen LogP contribution in [0.4, 0.5) is 5.00 Å². The van der Waals surface area contributed by atoms with Gasteiger partial charge in [0.1, 0.15) is 5.00 Å². The molecule has 152 valence electrons. The third-order valence-electron chi connectivity index (χ3n) is 5.55. The summed E-state index contributed by atoms with van der Waals surface area (Å²) in [5, 5.41) is 3.14. The van der Waals surface area contributed by atoms with Crippen LogP contribution in [0.5, 0.6) is 0 Å². The van der Waals surface area contributed by atoms with E-state index in [9.17, 15) is 14.4 Å². The Bertz CT molecular complexity index is 979. The van der Waals surface area contributed by atoms with Crippen molar-refractivity contribution >= 4 is 34.1 Å². The fourth-order valence-electron chi connectivity index (χ4n) is 4.18. The van der Waals surface area contributed by atoms with Gasteiger partial charge in [-0.05, 0) is 67.2 Å². The Morgan fingerprint density at radius 1 is 1.03 bits per heavy atom. The number of esters is 1. The highest BCUT2D eigenvalue weighted by Crippen LogP contribution is 2.38. The normalized spacial score (nSPS) is 14.8. The number of fused-ring (bicyclic) bond motifs is 2. The summed E-state index contributed by atoms with van der Waals surface area (Å²) in [6, 6.07) is 6.12. The highest BCUT2D eigenvalue weighted by atomic mass is 32.1. The molecular formula is C22H24N2O4S. The summed E-state index contributed by atoms with van der Waals surface area (Å²) in [7, 11) is 0. The minimum absolute atomic E-state index is 0.139. The lowest BCUT2D eigenvalue weighted by Gasteiger charge is -2.16. The number of primary amides is 1. The van der Waals surface area contributed by atoms with Crippen molar-refractivity contribution in [2.24, 2.45) is 5.73 Å². The van der Waals surface area contributed by atoms with E-state index < -0.39 is 17.8 Å². The molecule has 1 aromatic carbocycles. The zero-order valence-electron chi connectivity index (χ0n) is 16.2. The molecule has 0 spiro atoms. The Morgan fingerprint density at radius 2 is 1.83 bits per heavy atom. The molecule has 29 heavy (non-hydrogen) atoms. The highest BCUT2D eigenvalue weighted by Gasteiger charge is 2.26. The SMILES string of the molecule is NC(=O)c1c(NC(=O)COC(=O)Cc2ccc3c(c2)CCCC3)sc2c1CCC2. The molecule has 0 bridgehead atoms. The standard InChI is InChI=1S/C22H24N2O4S/c23-21(27)20-16-6-3-7-17(16)29-22(20)24-18(25)12-28-19(26)11-13-8-9-14-4-1-2-5-15(14)10-13/h8-10H,1-7,11-12H2,(H2,23,27)(H,24,25). The molecule has 2 aromatic rings. The number of thiophene rings is 1. The fraction of sp³-hybridized carbons (Fsp3) is 0.409. The van der Waals surface area contributed by atoms with Crippen molar-refractivity contribution in [2.45, 2.75) is 51.4 Å². The lowest BCUT2D eigenvalue weighted by atomic mass is 9.90. The molecule has 0 atom stereocenters. The third kappa shape index (κ3) is 4.34. The van der Waals surface area contributed by atoms with Crippen LogP contribution in [0.1, 0.15) is 56.8 Å². The summed E-state index contributed by atoms with van der Waals surface area (Å²) in [5.74, 6) is -1.45. The van der Waals surface area contributed by atoms with E-state index in [0.29, 0.717) is 10.6 Å². The van der Waals surface area contributed by atoms with E-state index in [1.807, 2.05) is 6.07 Å². The van der Waals surface area contributed by atoms with Crippen molar-refractivity contribution < 1.29 is 19.1 Å². The number of ether oxygens (including phenoxy) is 1. The van der Waals surface area contributed by atoms with Crippen molar-refractivity contribution in [2.75, 3.05) is 11.9 Å². The summed E-state index contributed by atoms with van der Waals surface area (Å²) in [4.78, 5) is 37.3. The molecular weight excluding hydrogens is 388 g/mol. The van der Waals surface area contributed by atoms with Crippen molar-refractivity contribution in [3.05, 3.63) is 50.9 Å². The van der Waals surface area contributed by atoms with Gasteiger partial charge in [0.05, 0.1) is 12.0 Å². The average Bonchev–Trinajstić information content (AvgIpc) is 3.26. The Hall–Kier alpha value is -2.67. The van der Waals surface area contributed by atoms with Gasteiger partial charge >= 0.3 is 5.97 Å². The van der Waals surface area contributed by atoms with Crippen LogP contribution in [0.15, 0.2) is 18.2 Å². The molecule has 0 saturated carbocycles. The van der Waals surface area contributed by atoms with Gasteiger partial charge in [-0.1, -0.05) is 18.2 Å². The van der Waals surface area contributed by atoms with Crippen LogP contribution < -0.4 is 11.1 Å². The minimum atomic E-state index is -0.538. The fourth-order valence-corrected chi connectivity index (χ4v) is 5.49. The molecule has 0 unspecified atom stereocenters. The van der Waals surface area contributed by atoms with Crippen LogP contribution in [0.3, 0.4) is 0 Å². The van der Waals surface area contributed by atoms with E-state index in [1.54, 1.807) is 0 Å². The van der Waals surface area contributed by atoms with Gasteiger partial charge in [-0.15, -0.1) is 11.3 Å². The molecule has 0 fully saturated rings. The molecule has 2 aliphatic rings. The van der Waals surface area contributed by atoms with Crippen molar-refractivity contribution in [1.82, 2.24) is 0 Å². The Morgan fingerprint density at radius 3 is 2.62 bits per heavy atom. The smallest absolute Gasteiger partial charge is 0.310 e. The van der Waals surface area contributed by atoms with Gasteiger partial charge in [0, 0.05) is 4.88 Å². The molecule has 0 aliphatic heterocycles. The first-order chi connectivity index (χ1) is 14.0. The summed E-state index contributed by atoms with van der Waals surface area (Å²) >= 11 is 1.38. The molecule has 7 heteroatoms. The van der Waals surface area contributed by atoms with Crippen molar-refractivity contribution in [1.29, 1.82) is 0 Å². The molecule has 1 heterocycles. The van der Waals surface area contributed by atoms with Crippen LogP contribution >= 0.6 is 11.3 Å². The number of aryl methyl sites for hydroxylation is 3. The topological polar surface area (TPSA) is 98.5 Å². The number of carbonyl (C=O) groups excluding carboxylic acids is 3. The molecule has 3 N–H and O–H groups in total. The lowest BCUT2D eigenvalue weighted by Crippen LogP contribution is -2.23. The lowest BCUT2D eigenvalue weighted by molar-refractivity contribution is -0.146. The van der Waals surface area contributed by atoms with Gasteiger partial charge in [-0.3, -0.25) is 14.4 Å². The van der Waals surface area contributed by atoms with E-state index in [0.717, 1.165) is 48.1 Å². The first-order valence-corrected chi connectivity index (χ1v) is 10.8. The number of carbonyl (C=O) groups is 3. The van der Waals surface area contributed by atoms with E-state index in [4.69, 9.17) is 10.5 Å². The zero-order valence-corrected chi connectivity index (χ0v) is 17.0. The summed E-state index contributed by atoms with van der Waals surface area (Å²) in [6.07, 6.45) is 7.38. The van der Waals surface area contributed by atoms with Crippen LogP contribution in [0, 0.1) is 0 Å². The number of nitrogens with one attached hydrogen (secondary N) is 1. The zero-order chi connectivity index (χ0) is 20.4. The van der Waals surface area contributed by atoms with Crippen LogP contribution in [-0.2, 0) is 46.4 Å². The summed E-state index contributed by atoms with van der Waals surface area (Å²) in [5.41, 5.74) is 10.4. The maximum Gasteiger partial charge on any atom is 0.310 e. The number of benzene rings is 1. The second-order valence-electron chi connectivity index (χ2n) is 7.62. The predicted octanol–water partition coefficient (Wildman–Crippen LogP) is 2.94. The van der Waals surface area contributed by atoms with Crippen molar-refractivity contribution in [3.63, 3.8) is 0 Å². The minimum Gasteiger partial charge on any atom is -0.455 e. The largest absolute Gasteiger partial charge is 0.455 e. The van der Waals surface area contributed by atoms with Gasteiger partial charge in [-0.25, -0.2) is 0 Å². The number of anilines is 1. The van der Waals surface area contributed by atoms with Crippen LogP contribution in [-0.4, -0.2) is 24.4 Å². The van der Waals surface area contributed by atoms with Gasteiger partial charge in [-0.2, -0.15) is 0 Å². The highest BCUT2D eigenvalue weighted by molar-refractivity contribution is 7.17. The third-order valence-corrected chi connectivity index (χ3v) is 6.75. The van der Waals surface area contributed by atoms with Gasteiger partial charge in [0.15, 0.2) is 6.61 Å². The summed E-state index contributed by atoms with van der Waals surface area (Å²) in [6.45, 7) is -0.384. The first-order valence-electron chi connectivity index (χ1n) is 10.0. The van der Waals surface area contributed by atoms with Crippen LogP contribution in [0.2, 0.25) is 0 Å². The number of hydrogen-bond acceptors (Lipinski definition) is 5. The van der Waals surface area contributed by atoms with Crippen LogP contribution in [0.25, 0.3) is 0 Å². The molecule has 2 aliphatic carbocycles. The Labute approximate surface area is 173 Å². The monoisotopic (exact) mass is 412 g/mol. The maximum atomic E-state index is 12.2. The Kier molecular flexibility index (Phi) is 5.67. The molecule has 0 saturated heterocycles. The summed E-state index contributed by atoms with van der Waals surface area (Å²) < 4.78 is 5.14. The molecule has 2 amide bonds. The van der Waals surface area contributed by atoms with E-state index in [2.05, 4.69) is 17.4 Å². The second kappa shape index (κ2) is 8.37. The number of nitrogens with two attached hydrogens (primary N) is 1. The molecule has 6 nitrogen and oxygen atoms in total.